The highest BCUT2D eigenvalue weighted by atomic mass is 35.5. The Hall–Kier alpha value is -3.23. The first-order chi connectivity index (χ1) is 15.5. The number of benzene rings is 2. The Kier molecular flexibility index (Phi) is 6.53. The van der Waals surface area contributed by atoms with E-state index in [2.05, 4.69) is 15.5 Å². The molecule has 0 aliphatic rings. The summed E-state index contributed by atoms with van der Waals surface area (Å²) in [6, 6.07) is 16.7. The van der Waals surface area contributed by atoms with E-state index in [-0.39, 0.29) is 5.91 Å². The van der Waals surface area contributed by atoms with Gasteiger partial charge in [0, 0.05) is 11.4 Å². The van der Waals surface area contributed by atoms with Gasteiger partial charge in [-0.1, -0.05) is 41.6 Å². The maximum atomic E-state index is 12.8. The van der Waals surface area contributed by atoms with Crippen LogP contribution in [0.4, 0.5) is 5.69 Å². The Labute approximate surface area is 194 Å². The van der Waals surface area contributed by atoms with E-state index < -0.39 is 5.25 Å². The van der Waals surface area contributed by atoms with Crippen LogP contribution in [-0.4, -0.2) is 33.0 Å². The molecular formula is C23H21ClN4O3S. The SMILES string of the molecule is COc1ccc(NC(=O)C(C)Sc2nnc(-c3ccoc3C)n2-c2ccccc2)cc1Cl. The van der Waals surface area contributed by atoms with Gasteiger partial charge in [-0.05, 0) is 50.2 Å². The fourth-order valence-corrected chi connectivity index (χ4v) is 4.27. The zero-order valence-corrected chi connectivity index (χ0v) is 19.3. The second-order valence-electron chi connectivity index (χ2n) is 6.97. The molecule has 2 aromatic heterocycles. The minimum Gasteiger partial charge on any atom is -0.495 e. The molecule has 0 spiro atoms. The van der Waals surface area contributed by atoms with E-state index in [0.29, 0.717) is 27.4 Å². The number of aryl methyl sites for hydroxylation is 1. The molecule has 9 heteroatoms. The average molecular weight is 469 g/mol. The number of para-hydroxylation sites is 1. The van der Waals surface area contributed by atoms with Gasteiger partial charge in [0.2, 0.25) is 5.91 Å². The normalized spacial score (nSPS) is 11.9. The van der Waals surface area contributed by atoms with Gasteiger partial charge in [-0.3, -0.25) is 9.36 Å². The molecule has 4 aromatic rings. The molecule has 0 saturated heterocycles. The summed E-state index contributed by atoms with van der Waals surface area (Å²) in [4.78, 5) is 12.8. The third-order valence-corrected chi connectivity index (χ3v) is 6.16. The number of ether oxygens (including phenoxy) is 1. The molecule has 2 heterocycles. The summed E-state index contributed by atoms with van der Waals surface area (Å²) >= 11 is 7.48. The topological polar surface area (TPSA) is 82.2 Å². The predicted molar refractivity (Wildman–Crippen MR) is 126 cm³/mol. The van der Waals surface area contributed by atoms with Crippen molar-refractivity contribution in [2.75, 3.05) is 12.4 Å². The average Bonchev–Trinajstić information content (AvgIpc) is 3.40. The first-order valence-corrected chi connectivity index (χ1v) is 11.1. The van der Waals surface area contributed by atoms with E-state index in [4.69, 9.17) is 20.8 Å². The summed E-state index contributed by atoms with van der Waals surface area (Å²) in [5, 5.41) is 12.2. The predicted octanol–water partition coefficient (Wildman–Crippen LogP) is 5.62. The lowest BCUT2D eigenvalue weighted by Gasteiger charge is -2.14. The Morgan fingerprint density at radius 2 is 1.97 bits per heavy atom. The zero-order valence-electron chi connectivity index (χ0n) is 17.7. The van der Waals surface area contributed by atoms with Gasteiger partial charge in [-0.2, -0.15) is 0 Å². The highest BCUT2D eigenvalue weighted by Gasteiger charge is 2.23. The summed E-state index contributed by atoms with van der Waals surface area (Å²) in [7, 11) is 1.54. The molecular weight excluding hydrogens is 448 g/mol. The molecule has 0 saturated carbocycles. The van der Waals surface area contributed by atoms with E-state index in [0.717, 1.165) is 17.0 Å². The second kappa shape index (κ2) is 9.50. The molecule has 1 amide bonds. The van der Waals surface area contributed by atoms with Crippen molar-refractivity contribution in [1.29, 1.82) is 0 Å². The number of carbonyl (C=O) groups excluding carboxylic acids is 1. The van der Waals surface area contributed by atoms with Gasteiger partial charge >= 0.3 is 0 Å². The quantitative estimate of drug-likeness (QED) is 0.354. The zero-order chi connectivity index (χ0) is 22.7. The number of thioether (sulfide) groups is 1. The molecule has 1 atom stereocenters. The number of anilines is 1. The van der Waals surface area contributed by atoms with Crippen molar-refractivity contribution in [2.24, 2.45) is 0 Å². The second-order valence-corrected chi connectivity index (χ2v) is 8.68. The molecule has 0 fully saturated rings. The van der Waals surface area contributed by atoms with Gasteiger partial charge in [0.1, 0.15) is 11.5 Å². The maximum Gasteiger partial charge on any atom is 0.237 e. The van der Waals surface area contributed by atoms with Crippen molar-refractivity contribution in [2.45, 2.75) is 24.3 Å². The summed E-state index contributed by atoms with van der Waals surface area (Å²) in [5.74, 6) is 1.76. The van der Waals surface area contributed by atoms with E-state index in [9.17, 15) is 4.79 Å². The van der Waals surface area contributed by atoms with Crippen LogP contribution in [0.15, 0.2) is 70.4 Å². The molecule has 164 valence electrons. The number of methoxy groups -OCH3 is 1. The van der Waals surface area contributed by atoms with E-state index >= 15 is 0 Å². The molecule has 0 aliphatic heterocycles. The molecule has 1 N–H and O–H groups in total. The van der Waals surface area contributed by atoms with Crippen LogP contribution in [0.3, 0.4) is 0 Å². The molecule has 4 rings (SSSR count). The van der Waals surface area contributed by atoms with Crippen molar-refractivity contribution >= 4 is 35.0 Å². The maximum absolute atomic E-state index is 12.8. The lowest BCUT2D eigenvalue weighted by molar-refractivity contribution is -0.115. The van der Waals surface area contributed by atoms with Crippen molar-refractivity contribution in [3.63, 3.8) is 0 Å². The van der Waals surface area contributed by atoms with E-state index in [1.54, 1.807) is 31.6 Å². The summed E-state index contributed by atoms with van der Waals surface area (Å²) in [6.07, 6.45) is 1.62. The standard InChI is InChI=1S/C23H21ClN4O3S/c1-14-18(11-12-31-14)21-26-27-23(28(21)17-7-5-4-6-8-17)32-15(2)22(29)25-16-9-10-20(30-3)19(24)13-16/h4-13,15H,1-3H3,(H,25,29). The number of halogens is 1. The van der Waals surface area contributed by atoms with Crippen molar-refractivity contribution in [3.8, 4) is 22.8 Å². The number of aromatic nitrogens is 3. The van der Waals surface area contributed by atoms with Crippen molar-refractivity contribution < 1.29 is 13.9 Å². The molecule has 32 heavy (non-hydrogen) atoms. The van der Waals surface area contributed by atoms with Crippen LogP contribution >= 0.6 is 23.4 Å². The third-order valence-electron chi connectivity index (χ3n) is 4.82. The number of carbonyl (C=O) groups is 1. The molecule has 0 aliphatic carbocycles. The number of hydrogen-bond acceptors (Lipinski definition) is 6. The van der Waals surface area contributed by atoms with Gasteiger partial charge in [-0.25, -0.2) is 0 Å². The fraction of sp³-hybridized carbons (Fsp3) is 0.174. The Bertz CT molecular complexity index is 1240. The highest BCUT2D eigenvalue weighted by molar-refractivity contribution is 8.00. The first kappa shape index (κ1) is 22.0. The van der Waals surface area contributed by atoms with Crippen LogP contribution in [0, 0.1) is 6.92 Å². The van der Waals surface area contributed by atoms with Gasteiger partial charge in [-0.15, -0.1) is 10.2 Å². The van der Waals surface area contributed by atoms with Crippen LogP contribution in [-0.2, 0) is 4.79 Å². The molecule has 0 bridgehead atoms. The van der Waals surface area contributed by atoms with Gasteiger partial charge in [0.25, 0.3) is 0 Å². The smallest absolute Gasteiger partial charge is 0.237 e. The van der Waals surface area contributed by atoms with E-state index in [1.807, 2.05) is 54.8 Å². The highest BCUT2D eigenvalue weighted by Crippen LogP contribution is 2.32. The lowest BCUT2D eigenvalue weighted by atomic mass is 10.2. The number of rotatable bonds is 7. The van der Waals surface area contributed by atoms with Crippen LogP contribution in [0.25, 0.3) is 17.1 Å². The summed E-state index contributed by atoms with van der Waals surface area (Å²) in [6.45, 7) is 3.69. The first-order valence-electron chi connectivity index (χ1n) is 9.84. The Morgan fingerprint density at radius 3 is 2.62 bits per heavy atom. The van der Waals surface area contributed by atoms with Crippen LogP contribution in [0.5, 0.6) is 5.75 Å². The van der Waals surface area contributed by atoms with Gasteiger partial charge in [0.05, 0.1) is 29.2 Å². The minimum atomic E-state index is -0.444. The molecule has 2 aromatic carbocycles. The number of nitrogens with one attached hydrogen (secondary N) is 1. The Balaban J connectivity index is 1.60. The van der Waals surface area contributed by atoms with Gasteiger partial charge < -0.3 is 14.5 Å². The number of amides is 1. The molecule has 1 unspecified atom stereocenters. The van der Waals surface area contributed by atoms with Crippen LogP contribution < -0.4 is 10.1 Å². The lowest BCUT2D eigenvalue weighted by Crippen LogP contribution is -2.22. The molecule has 7 nitrogen and oxygen atoms in total. The summed E-state index contributed by atoms with van der Waals surface area (Å²) < 4.78 is 12.5. The molecule has 0 radical (unpaired) electrons. The number of hydrogen-bond donors (Lipinski definition) is 1. The van der Waals surface area contributed by atoms with Crippen LogP contribution in [0.1, 0.15) is 12.7 Å². The summed E-state index contributed by atoms with van der Waals surface area (Å²) in [5.41, 5.74) is 2.33. The number of nitrogens with zero attached hydrogens (tertiary/aromatic N) is 3. The van der Waals surface area contributed by atoms with Crippen molar-refractivity contribution in [3.05, 3.63) is 71.6 Å². The van der Waals surface area contributed by atoms with Crippen LogP contribution in [0.2, 0.25) is 5.02 Å². The van der Waals surface area contributed by atoms with E-state index in [1.165, 1.54) is 11.8 Å². The largest absolute Gasteiger partial charge is 0.495 e. The Morgan fingerprint density at radius 1 is 1.19 bits per heavy atom. The van der Waals surface area contributed by atoms with Gasteiger partial charge in [0.15, 0.2) is 11.0 Å². The fourth-order valence-electron chi connectivity index (χ4n) is 3.15. The van der Waals surface area contributed by atoms with Crippen molar-refractivity contribution in [1.82, 2.24) is 14.8 Å². The number of furan rings is 1. The minimum absolute atomic E-state index is 0.181. The monoisotopic (exact) mass is 468 g/mol. The third kappa shape index (κ3) is 4.51.